The molecule has 0 atom stereocenters. The van der Waals surface area contributed by atoms with E-state index in [1.54, 1.807) is 19.3 Å². The molecule has 0 aliphatic carbocycles. The van der Waals surface area contributed by atoms with Crippen LogP contribution in [0.15, 0.2) is 42.0 Å². The first-order chi connectivity index (χ1) is 16.3. The van der Waals surface area contributed by atoms with Crippen molar-refractivity contribution in [3.8, 4) is 17.6 Å². The van der Waals surface area contributed by atoms with Crippen LogP contribution in [0, 0.1) is 11.3 Å². The van der Waals surface area contributed by atoms with E-state index in [-0.39, 0.29) is 17.4 Å². The lowest BCUT2D eigenvalue weighted by atomic mass is 9.92. The summed E-state index contributed by atoms with van der Waals surface area (Å²) in [7, 11) is 1.58. The first-order valence-corrected chi connectivity index (χ1v) is 12.2. The van der Waals surface area contributed by atoms with Crippen LogP contribution in [0.4, 0.5) is 5.69 Å². The Kier molecular flexibility index (Phi) is 10.7. The summed E-state index contributed by atoms with van der Waals surface area (Å²) in [4.78, 5) is 13.1. The third-order valence-corrected chi connectivity index (χ3v) is 5.73. The molecule has 2 aromatic rings. The standard InChI is InChI=1S/C29H38N2O3/c1-7-8-9-10-16-34-26-15-14-22(18-27(26)33-6)17-23(19-30)29(32)31-28-24(20(2)3)12-11-13-25(28)21(4)5/h11-15,17-18,20-21H,7-10,16H2,1-6H3,(H,31,32)/b23-17+. The summed E-state index contributed by atoms with van der Waals surface area (Å²) >= 11 is 0. The monoisotopic (exact) mass is 462 g/mol. The minimum atomic E-state index is -0.423. The Balaban J connectivity index is 2.25. The number of benzene rings is 2. The highest BCUT2D eigenvalue weighted by molar-refractivity contribution is 6.10. The molecule has 34 heavy (non-hydrogen) atoms. The smallest absolute Gasteiger partial charge is 0.266 e. The number of para-hydroxylation sites is 1. The number of hydrogen-bond acceptors (Lipinski definition) is 4. The number of methoxy groups -OCH3 is 1. The molecule has 0 spiro atoms. The van der Waals surface area contributed by atoms with E-state index >= 15 is 0 Å². The maximum Gasteiger partial charge on any atom is 0.266 e. The molecule has 0 aliphatic rings. The molecule has 2 rings (SSSR count). The van der Waals surface area contributed by atoms with Crippen molar-refractivity contribution in [3.05, 3.63) is 58.7 Å². The molecule has 2 aromatic carbocycles. The average molecular weight is 463 g/mol. The van der Waals surface area contributed by atoms with Gasteiger partial charge < -0.3 is 14.8 Å². The number of nitriles is 1. The predicted octanol–water partition coefficient (Wildman–Crippen LogP) is 7.45. The van der Waals surface area contributed by atoms with Crippen LogP contribution >= 0.6 is 0 Å². The van der Waals surface area contributed by atoms with Crippen molar-refractivity contribution in [1.82, 2.24) is 0 Å². The Morgan fingerprint density at radius 1 is 1.03 bits per heavy atom. The molecule has 0 saturated carbocycles. The number of nitrogens with zero attached hydrogens (tertiary/aromatic N) is 1. The van der Waals surface area contributed by atoms with Crippen LogP contribution in [0.5, 0.6) is 11.5 Å². The van der Waals surface area contributed by atoms with Gasteiger partial charge in [-0.3, -0.25) is 4.79 Å². The van der Waals surface area contributed by atoms with Gasteiger partial charge in [0.2, 0.25) is 0 Å². The number of carbonyl (C=O) groups excluding carboxylic acids is 1. The molecular weight excluding hydrogens is 424 g/mol. The van der Waals surface area contributed by atoms with Gasteiger partial charge in [-0.2, -0.15) is 5.26 Å². The van der Waals surface area contributed by atoms with E-state index in [1.807, 2.05) is 30.3 Å². The Hall–Kier alpha value is -3.26. The molecule has 1 amide bonds. The molecule has 182 valence electrons. The van der Waals surface area contributed by atoms with Gasteiger partial charge in [0.25, 0.3) is 5.91 Å². The summed E-state index contributed by atoms with van der Waals surface area (Å²) in [5, 5.41) is 12.7. The van der Waals surface area contributed by atoms with E-state index in [0.717, 1.165) is 29.7 Å². The summed E-state index contributed by atoms with van der Waals surface area (Å²) in [6.45, 7) is 11.2. The largest absolute Gasteiger partial charge is 0.493 e. The average Bonchev–Trinajstić information content (AvgIpc) is 2.82. The summed E-state index contributed by atoms with van der Waals surface area (Å²) in [5.74, 6) is 1.29. The fraction of sp³-hybridized carbons (Fsp3) is 0.448. The van der Waals surface area contributed by atoms with Gasteiger partial charge in [0.1, 0.15) is 11.6 Å². The Labute approximate surface area is 204 Å². The molecule has 0 unspecified atom stereocenters. The highest BCUT2D eigenvalue weighted by Crippen LogP contribution is 2.33. The maximum absolute atomic E-state index is 13.1. The predicted molar refractivity (Wildman–Crippen MR) is 139 cm³/mol. The van der Waals surface area contributed by atoms with Crippen molar-refractivity contribution < 1.29 is 14.3 Å². The number of unbranched alkanes of at least 4 members (excludes halogenated alkanes) is 3. The molecule has 0 radical (unpaired) electrons. The number of rotatable bonds is 12. The van der Waals surface area contributed by atoms with Crippen LogP contribution in [0.25, 0.3) is 6.08 Å². The number of hydrogen-bond donors (Lipinski definition) is 1. The highest BCUT2D eigenvalue weighted by Gasteiger charge is 2.18. The zero-order valence-electron chi connectivity index (χ0n) is 21.4. The van der Waals surface area contributed by atoms with Gasteiger partial charge in [0.15, 0.2) is 11.5 Å². The van der Waals surface area contributed by atoms with Gasteiger partial charge in [-0.05, 0) is 53.2 Å². The molecule has 0 saturated heterocycles. The summed E-state index contributed by atoms with van der Waals surface area (Å²) in [6.07, 6.45) is 6.09. The fourth-order valence-corrected chi connectivity index (χ4v) is 3.80. The van der Waals surface area contributed by atoms with E-state index < -0.39 is 5.91 Å². The Bertz CT molecular complexity index is 1010. The summed E-state index contributed by atoms with van der Waals surface area (Å²) in [6, 6.07) is 13.5. The lowest BCUT2D eigenvalue weighted by Crippen LogP contribution is -2.17. The molecule has 0 aliphatic heterocycles. The fourth-order valence-electron chi connectivity index (χ4n) is 3.80. The quantitative estimate of drug-likeness (QED) is 0.202. The van der Waals surface area contributed by atoms with Gasteiger partial charge in [-0.25, -0.2) is 0 Å². The number of amides is 1. The van der Waals surface area contributed by atoms with Crippen molar-refractivity contribution in [1.29, 1.82) is 5.26 Å². The third kappa shape index (κ3) is 7.38. The normalized spacial score (nSPS) is 11.4. The van der Waals surface area contributed by atoms with Crippen molar-refractivity contribution in [2.24, 2.45) is 0 Å². The first-order valence-electron chi connectivity index (χ1n) is 12.2. The Morgan fingerprint density at radius 2 is 1.71 bits per heavy atom. The lowest BCUT2D eigenvalue weighted by molar-refractivity contribution is -0.112. The van der Waals surface area contributed by atoms with Gasteiger partial charge in [0, 0.05) is 5.69 Å². The third-order valence-electron chi connectivity index (χ3n) is 5.73. The molecular formula is C29H38N2O3. The summed E-state index contributed by atoms with van der Waals surface area (Å²) < 4.78 is 11.4. The van der Waals surface area contributed by atoms with Crippen LogP contribution in [-0.4, -0.2) is 19.6 Å². The highest BCUT2D eigenvalue weighted by atomic mass is 16.5. The molecule has 0 fully saturated rings. The lowest BCUT2D eigenvalue weighted by Gasteiger charge is -2.20. The van der Waals surface area contributed by atoms with E-state index in [9.17, 15) is 10.1 Å². The topological polar surface area (TPSA) is 71.3 Å². The van der Waals surface area contributed by atoms with Crippen molar-refractivity contribution in [2.45, 2.75) is 72.1 Å². The van der Waals surface area contributed by atoms with Crippen LogP contribution in [0.3, 0.4) is 0 Å². The van der Waals surface area contributed by atoms with Gasteiger partial charge in [-0.15, -0.1) is 0 Å². The van der Waals surface area contributed by atoms with E-state index in [4.69, 9.17) is 9.47 Å². The van der Waals surface area contributed by atoms with Crippen LogP contribution in [0.2, 0.25) is 0 Å². The van der Waals surface area contributed by atoms with E-state index in [1.165, 1.54) is 12.8 Å². The second kappa shape index (κ2) is 13.4. The zero-order valence-corrected chi connectivity index (χ0v) is 21.4. The second-order valence-corrected chi connectivity index (χ2v) is 9.06. The number of carbonyl (C=O) groups is 1. The van der Waals surface area contributed by atoms with Crippen molar-refractivity contribution >= 4 is 17.7 Å². The minimum absolute atomic E-state index is 0.0311. The second-order valence-electron chi connectivity index (χ2n) is 9.06. The molecule has 0 heterocycles. The number of nitrogens with one attached hydrogen (secondary N) is 1. The summed E-state index contributed by atoms with van der Waals surface area (Å²) in [5.41, 5.74) is 3.63. The Morgan fingerprint density at radius 3 is 2.26 bits per heavy atom. The molecule has 1 N–H and O–H groups in total. The van der Waals surface area contributed by atoms with Gasteiger partial charge in [0.05, 0.1) is 13.7 Å². The van der Waals surface area contributed by atoms with E-state index in [0.29, 0.717) is 23.7 Å². The van der Waals surface area contributed by atoms with Gasteiger partial charge in [-0.1, -0.05) is 78.1 Å². The molecule has 5 heteroatoms. The number of anilines is 1. The molecule has 5 nitrogen and oxygen atoms in total. The van der Waals surface area contributed by atoms with E-state index in [2.05, 4.69) is 46.0 Å². The number of ether oxygens (including phenoxy) is 2. The first kappa shape index (κ1) is 27.0. The van der Waals surface area contributed by atoms with Crippen LogP contribution in [-0.2, 0) is 4.79 Å². The molecule has 0 bridgehead atoms. The zero-order chi connectivity index (χ0) is 25.1. The molecule has 0 aromatic heterocycles. The SMILES string of the molecule is CCCCCCOc1ccc(/C=C(\C#N)C(=O)Nc2c(C(C)C)cccc2C(C)C)cc1OC. The van der Waals surface area contributed by atoms with Crippen LogP contribution in [0.1, 0.15) is 88.8 Å². The van der Waals surface area contributed by atoms with Crippen LogP contribution < -0.4 is 14.8 Å². The van der Waals surface area contributed by atoms with Gasteiger partial charge >= 0.3 is 0 Å². The van der Waals surface area contributed by atoms with Crippen molar-refractivity contribution in [3.63, 3.8) is 0 Å². The van der Waals surface area contributed by atoms with Crippen molar-refractivity contribution in [2.75, 3.05) is 19.0 Å². The minimum Gasteiger partial charge on any atom is -0.493 e. The maximum atomic E-state index is 13.1.